The highest BCUT2D eigenvalue weighted by Gasteiger charge is 2.33. The highest BCUT2D eigenvalue weighted by molar-refractivity contribution is 7.10. The average Bonchev–Trinajstić information content (AvgIpc) is 2.86. The largest absolute Gasteiger partial charge is 0.329 e. The van der Waals surface area contributed by atoms with Gasteiger partial charge in [-0.1, -0.05) is 6.92 Å². The first-order valence-electron chi connectivity index (χ1n) is 7.31. The minimum Gasteiger partial charge on any atom is -0.329 e. The van der Waals surface area contributed by atoms with Crippen molar-refractivity contribution in [3.05, 3.63) is 21.9 Å². The summed E-state index contributed by atoms with van der Waals surface area (Å²) in [6, 6.07) is 3.61. The van der Waals surface area contributed by atoms with E-state index in [2.05, 4.69) is 23.3 Å². The quantitative estimate of drug-likeness (QED) is 0.889. The number of hydrogen-bond donors (Lipinski definition) is 1. The van der Waals surface area contributed by atoms with Crippen molar-refractivity contribution >= 4 is 11.3 Å². The van der Waals surface area contributed by atoms with Crippen LogP contribution in [0.2, 0.25) is 0 Å². The minimum atomic E-state index is 0.601. The van der Waals surface area contributed by atoms with E-state index < -0.39 is 0 Å². The van der Waals surface area contributed by atoms with Gasteiger partial charge in [-0.15, -0.1) is 11.3 Å². The van der Waals surface area contributed by atoms with Gasteiger partial charge in [-0.05, 0) is 61.6 Å². The average molecular weight is 264 g/mol. The Hall–Kier alpha value is -0.380. The van der Waals surface area contributed by atoms with E-state index in [0.29, 0.717) is 12.1 Å². The van der Waals surface area contributed by atoms with E-state index >= 15 is 0 Å². The summed E-state index contributed by atoms with van der Waals surface area (Å²) in [5.41, 5.74) is 7.63. The van der Waals surface area contributed by atoms with Crippen LogP contribution < -0.4 is 5.73 Å². The molecule has 0 spiro atoms. The maximum absolute atomic E-state index is 6.02. The van der Waals surface area contributed by atoms with E-state index in [9.17, 15) is 0 Å². The smallest absolute Gasteiger partial charge is 0.0362 e. The summed E-state index contributed by atoms with van der Waals surface area (Å²) in [5.74, 6) is 0.848. The van der Waals surface area contributed by atoms with Crippen LogP contribution in [0.1, 0.15) is 49.1 Å². The molecule has 2 heterocycles. The maximum atomic E-state index is 6.02. The van der Waals surface area contributed by atoms with Gasteiger partial charge < -0.3 is 5.73 Å². The summed E-state index contributed by atoms with van der Waals surface area (Å²) in [6.07, 6.45) is 6.59. The molecule has 0 aromatic carbocycles. The van der Waals surface area contributed by atoms with Gasteiger partial charge in [-0.3, -0.25) is 4.90 Å². The van der Waals surface area contributed by atoms with Crippen LogP contribution in [0, 0.1) is 5.92 Å². The molecule has 1 aromatic rings. The predicted octanol–water partition coefficient (Wildman–Crippen LogP) is 3.18. The summed E-state index contributed by atoms with van der Waals surface area (Å²) < 4.78 is 0. The second-order valence-corrected chi connectivity index (χ2v) is 6.96. The van der Waals surface area contributed by atoms with Gasteiger partial charge in [0.05, 0.1) is 0 Å². The van der Waals surface area contributed by atoms with Crippen molar-refractivity contribution in [3.8, 4) is 0 Å². The lowest BCUT2D eigenvalue weighted by Crippen LogP contribution is -2.48. The van der Waals surface area contributed by atoms with Gasteiger partial charge in [0, 0.05) is 23.5 Å². The molecule has 0 amide bonds. The summed E-state index contributed by atoms with van der Waals surface area (Å²) in [6.45, 7) is 4.43. The number of nitrogens with two attached hydrogens (primary N) is 1. The molecule has 2 N–H and O–H groups in total. The van der Waals surface area contributed by atoms with E-state index in [-0.39, 0.29) is 0 Å². The zero-order valence-electron chi connectivity index (χ0n) is 11.3. The molecule has 100 valence electrons. The Balaban J connectivity index is 1.83. The number of fused-ring (bicyclic) bond motifs is 1. The molecule has 2 aliphatic rings. The molecule has 18 heavy (non-hydrogen) atoms. The highest BCUT2D eigenvalue weighted by atomic mass is 32.1. The Morgan fingerprint density at radius 2 is 2.33 bits per heavy atom. The van der Waals surface area contributed by atoms with E-state index in [0.717, 1.165) is 12.5 Å². The molecule has 1 fully saturated rings. The van der Waals surface area contributed by atoms with Crippen LogP contribution in [0.5, 0.6) is 0 Å². The molecule has 0 saturated carbocycles. The van der Waals surface area contributed by atoms with Crippen molar-refractivity contribution in [1.29, 1.82) is 0 Å². The number of rotatable bonds is 2. The van der Waals surface area contributed by atoms with Crippen molar-refractivity contribution in [2.75, 3.05) is 13.1 Å². The third kappa shape index (κ3) is 2.24. The first-order valence-corrected chi connectivity index (χ1v) is 8.19. The summed E-state index contributed by atoms with van der Waals surface area (Å²) in [4.78, 5) is 4.34. The standard InChI is InChI=1S/C15H24N2S/c1-11-5-7-17(12(9-11)10-16)14-3-2-4-15-13(14)6-8-18-15/h6,8,11-12,14H,2-5,7,9-10,16H2,1H3. The molecule has 0 bridgehead atoms. The SMILES string of the molecule is CC1CCN(C2CCCc3sccc32)C(CN)C1. The normalized spacial score (nSPS) is 33.3. The lowest BCUT2D eigenvalue weighted by Gasteiger charge is -2.44. The Morgan fingerprint density at radius 3 is 3.17 bits per heavy atom. The van der Waals surface area contributed by atoms with Crippen LogP contribution >= 0.6 is 11.3 Å². The van der Waals surface area contributed by atoms with E-state index in [4.69, 9.17) is 5.73 Å². The van der Waals surface area contributed by atoms with E-state index in [1.165, 1.54) is 38.6 Å². The molecule has 3 heteroatoms. The predicted molar refractivity (Wildman–Crippen MR) is 77.9 cm³/mol. The fraction of sp³-hybridized carbons (Fsp3) is 0.733. The topological polar surface area (TPSA) is 29.3 Å². The Morgan fingerprint density at radius 1 is 1.44 bits per heavy atom. The Bertz CT molecular complexity index is 401. The lowest BCUT2D eigenvalue weighted by atomic mass is 9.86. The monoisotopic (exact) mass is 264 g/mol. The van der Waals surface area contributed by atoms with Crippen LogP contribution in [-0.2, 0) is 6.42 Å². The van der Waals surface area contributed by atoms with Gasteiger partial charge in [-0.25, -0.2) is 0 Å². The van der Waals surface area contributed by atoms with Crippen LogP contribution in [0.15, 0.2) is 11.4 Å². The minimum absolute atomic E-state index is 0.601. The fourth-order valence-electron chi connectivity index (χ4n) is 3.72. The molecular formula is C15H24N2S. The Labute approximate surface area is 114 Å². The maximum Gasteiger partial charge on any atom is 0.0362 e. The van der Waals surface area contributed by atoms with Gasteiger partial charge in [0.25, 0.3) is 0 Å². The number of nitrogens with zero attached hydrogens (tertiary/aromatic N) is 1. The second kappa shape index (κ2) is 5.32. The van der Waals surface area contributed by atoms with Crippen molar-refractivity contribution in [1.82, 2.24) is 4.90 Å². The van der Waals surface area contributed by atoms with Gasteiger partial charge >= 0.3 is 0 Å². The van der Waals surface area contributed by atoms with Crippen molar-refractivity contribution in [2.24, 2.45) is 11.7 Å². The zero-order valence-corrected chi connectivity index (χ0v) is 12.1. The van der Waals surface area contributed by atoms with Gasteiger partial charge in [0.15, 0.2) is 0 Å². The second-order valence-electron chi connectivity index (χ2n) is 5.96. The van der Waals surface area contributed by atoms with E-state index in [1.54, 1.807) is 10.4 Å². The molecule has 3 atom stereocenters. The molecule has 2 nitrogen and oxygen atoms in total. The number of piperidine rings is 1. The first kappa shape index (κ1) is 12.6. The Kier molecular flexibility index (Phi) is 3.73. The molecule has 3 unspecified atom stereocenters. The summed E-state index contributed by atoms with van der Waals surface area (Å²) >= 11 is 1.94. The fourth-order valence-corrected chi connectivity index (χ4v) is 4.70. The van der Waals surface area contributed by atoms with Crippen LogP contribution in [0.25, 0.3) is 0 Å². The molecule has 1 saturated heterocycles. The zero-order chi connectivity index (χ0) is 12.5. The number of aryl methyl sites for hydroxylation is 1. The molecular weight excluding hydrogens is 240 g/mol. The van der Waals surface area contributed by atoms with Gasteiger partial charge in [0.1, 0.15) is 0 Å². The molecule has 1 aromatic heterocycles. The molecule has 3 rings (SSSR count). The third-order valence-corrected chi connectivity index (χ3v) is 5.71. The van der Waals surface area contributed by atoms with Crippen LogP contribution in [0.3, 0.4) is 0 Å². The summed E-state index contributed by atoms with van der Waals surface area (Å²) in [7, 11) is 0. The van der Waals surface area contributed by atoms with E-state index in [1.807, 2.05) is 11.3 Å². The molecule has 1 aliphatic carbocycles. The van der Waals surface area contributed by atoms with Crippen molar-refractivity contribution in [3.63, 3.8) is 0 Å². The summed E-state index contributed by atoms with van der Waals surface area (Å²) in [5, 5.41) is 2.27. The third-order valence-electron chi connectivity index (χ3n) is 4.72. The van der Waals surface area contributed by atoms with Gasteiger partial charge in [-0.2, -0.15) is 0 Å². The van der Waals surface area contributed by atoms with Crippen LogP contribution in [0.4, 0.5) is 0 Å². The molecule has 1 aliphatic heterocycles. The number of hydrogen-bond acceptors (Lipinski definition) is 3. The molecule has 0 radical (unpaired) electrons. The van der Waals surface area contributed by atoms with Crippen LogP contribution in [-0.4, -0.2) is 24.0 Å². The number of likely N-dealkylation sites (tertiary alicyclic amines) is 1. The van der Waals surface area contributed by atoms with Crippen molar-refractivity contribution in [2.45, 2.75) is 51.1 Å². The number of thiophene rings is 1. The lowest BCUT2D eigenvalue weighted by molar-refractivity contribution is 0.0674. The van der Waals surface area contributed by atoms with Gasteiger partial charge in [0.2, 0.25) is 0 Å². The first-order chi connectivity index (χ1) is 8.79. The highest BCUT2D eigenvalue weighted by Crippen LogP contribution is 2.40. The van der Waals surface area contributed by atoms with Crippen molar-refractivity contribution < 1.29 is 0 Å².